The summed E-state index contributed by atoms with van der Waals surface area (Å²) in [7, 11) is 0. The summed E-state index contributed by atoms with van der Waals surface area (Å²) in [5.74, 6) is -0.00333. The van der Waals surface area contributed by atoms with Gasteiger partial charge in [0, 0.05) is 11.7 Å². The second-order valence-electron chi connectivity index (χ2n) is 4.84. The van der Waals surface area contributed by atoms with Crippen molar-refractivity contribution in [3.05, 3.63) is 29.6 Å². The van der Waals surface area contributed by atoms with Crippen molar-refractivity contribution in [2.75, 3.05) is 11.9 Å². The highest BCUT2D eigenvalue weighted by Crippen LogP contribution is 2.27. The maximum Gasteiger partial charge on any atom is 0.141 e. The van der Waals surface area contributed by atoms with Gasteiger partial charge in [-0.05, 0) is 43.5 Å². The molecule has 4 heteroatoms. The summed E-state index contributed by atoms with van der Waals surface area (Å²) in [4.78, 5) is 0. The average Bonchev–Trinajstić information content (AvgIpc) is 2.41. The molecule has 0 saturated heterocycles. The topological polar surface area (TPSA) is 61.8 Å². The van der Waals surface area contributed by atoms with Crippen LogP contribution in [0.1, 0.15) is 31.2 Å². The number of nitrogens with zero attached hydrogens (tertiary/aromatic N) is 1. The smallest absolute Gasteiger partial charge is 0.141 e. The van der Waals surface area contributed by atoms with E-state index >= 15 is 0 Å². The molecular weight excluding hydrogens is 229 g/mol. The second kappa shape index (κ2) is 5.83. The number of anilines is 1. The molecule has 96 valence electrons. The van der Waals surface area contributed by atoms with Crippen LogP contribution in [0.4, 0.5) is 10.1 Å². The van der Waals surface area contributed by atoms with Crippen molar-refractivity contribution in [1.82, 2.24) is 0 Å². The Labute approximate surface area is 107 Å². The fourth-order valence-corrected chi connectivity index (χ4v) is 2.59. The molecule has 1 aromatic carbocycles. The summed E-state index contributed by atoms with van der Waals surface area (Å²) in [5, 5.41) is 12.2. The number of rotatable bonds is 3. The minimum Gasteiger partial charge on any atom is -0.382 e. The van der Waals surface area contributed by atoms with E-state index in [4.69, 9.17) is 11.0 Å². The molecule has 18 heavy (non-hydrogen) atoms. The van der Waals surface area contributed by atoms with E-state index in [0.717, 1.165) is 18.5 Å². The van der Waals surface area contributed by atoms with E-state index in [1.165, 1.54) is 18.9 Å². The van der Waals surface area contributed by atoms with Gasteiger partial charge in [0.05, 0.1) is 5.56 Å². The lowest BCUT2D eigenvalue weighted by Crippen LogP contribution is -2.36. The number of hydrogen-bond acceptors (Lipinski definition) is 3. The van der Waals surface area contributed by atoms with Crippen LogP contribution in [0, 0.1) is 23.1 Å². The Morgan fingerprint density at radius 1 is 1.39 bits per heavy atom. The van der Waals surface area contributed by atoms with Gasteiger partial charge in [-0.1, -0.05) is 12.8 Å². The zero-order valence-corrected chi connectivity index (χ0v) is 10.3. The molecular formula is C14H18FN3. The third-order valence-corrected chi connectivity index (χ3v) is 3.65. The molecule has 3 N–H and O–H groups in total. The zero-order chi connectivity index (χ0) is 13.0. The summed E-state index contributed by atoms with van der Waals surface area (Å²) in [6.45, 7) is 0.671. The number of nitrogens with two attached hydrogens (primary N) is 1. The highest BCUT2D eigenvalue weighted by atomic mass is 19.1. The first-order valence-electron chi connectivity index (χ1n) is 6.41. The molecule has 1 fully saturated rings. The largest absolute Gasteiger partial charge is 0.382 e. The van der Waals surface area contributed by atoms with E-state index in [-0.39, 0.29) is 5.56 Å². The molecule has 0 aromatic heterocycles. The van der Waals surface area contributed by atoms with E-state index in [1.807, 2.05) is 6.07 Å². The van der Waals surface area contributed by atoms with Crippen LogP contribution in [0.3, 0.4) is 0 Å². The summed E-state index contributed by atoms with van der Waals surface area (Å²) >= 11 is 0. The number of hydrogen-bond donors (Lipinski definition) is 2. The molecule has 2 atom stereocenters. The van der Waals surface area contributed by atoms with E-state index in [9.17, 15) is 4.39 Å². The molecule has 1 saturated carbocycles. The molecule has 2 rings (SSSR count). The van der Waals surface area contributed by atoms with Crippen LogP contribution >= 0.6 is 0 Å². The number of nitriles is 1. The van der Waals surface area contributed by atoms with Gasteiger partial charge in [0.1, 0.15) is 11.9 Å². The van der Waals surface area contributed by atoms with E-state index in [2.05, 4.69) is 5.32 Å². The van der Waals surface area contributed by atoms with Crippen molar-refractivity contribution in [3.8, 4) is 6.07 Å². The van der Waals surface area contributed by atoms with Gasteiger partial charge in [-0.25, -0.2) is 4.39 Å². The SMILES string of the molecule is N#Cc1cc(NC2CCCCC2CN)ccc1F. The molecule has 0 heterocycles. The van der Waals surface area contributed by atoms with Gasteiger partial charge in [-0.15, -0.1) is 0 Å². The third-order valence-electron chi connectivity index (χ3n) is 3.65. The predicted molar refractivity (Wildman–Crippen MR) is 69.5 cm³/mol. The van der Waals surface area contributed by atoms with Crippen LogP contribution in [-0.2, 0) is 0 Å². The maximum absolute atomic E-state index is 13.2. The van der Waals surface area contributed by atoms with Crippen LogP contribution in [0.15, 0.2) is 18.2 Å². The molecule has 0 aliphatic heterocycles. The van der Waals surface area contributed by atoms with Crippen molar-refractivity contribution in [2.24, 2.45) is 11.7 Å². The highest BCUT2D eigenvalue weighted by Gasteiger charge is 2.23. The first-order valence-corrected chi connectivity index (χ1v) is 6.41. The Morgan fingerprint density at radius 2 is 2.17 bits per heavy atom. The molecule has 1 aliphatic rings. The van der Waals surface area contributed by atoms with E-state index in [0.29, 0.717) is 18.5 Å². The van der Waals surface area contributed by atoms with Gasteiger partial charge < -0.3 is 11.1 Å². The Morgan fingerprint density at radius 3 is 2.89 bits per heavy atom. The minimum atomic E-state index is -0.470. The quantitative estimate of drug-likeness (QED) is 0.863. The maximum atomic E-state index is 13.2. The fraction of sp³-hybridized carbons (Fsp3) is 0.500. The molecule has 0 bridgehead atoms. The van der Waals surface area contributed by atoms with Gasteiger partial charge in [-0.3, -0.25) is 0 Å². The summed E-state index contributed by atoms with van der Waals surface area (Å²) < 4.78 is 13.2. The predicted octanol–water partition coefficient (Wildman–Crippen LogP) is 2.63. The first kappa shape index (κ1) is 12.8. The zero-order valence-electron chi connectivity index (χ0n) is 10.3. The molecule has 0 amide bonds. The number of halogens is 1. The summed E-state index contributed by atoms with van der Waals surface area (Å²) in [5.41, 5.74) is 6.66. The number of nitrogens with one attached hydrogen (secondary N) is 1. The Bertz CT molecular complexity index is 453. The van der Waals surface area contributed by atoms with Gasteiger partial charge >= 0.3 is 0 Å². The molecule has 0 spiro atoms. The van der Waals surface area contributed by atoms with Crippen LogP contribution in [0.2, 0.25) is 0 Å². The average molecular weight is 247 g/mol. The van der Waals surface area contributed by atoms with Crippen molar-refractivity contribution in [1.29, 1.82) is 5.26 Å². The Kier molecular flexibility index (Phi) is 4.16. The monoisotopic (exact) mass is 247 g/mol. The van der Waals surface area contributed by atoms with Gasteiger partial charge in [-0.2, -0.15) is 5.26 Å². The van der Waals surface area contributed by atoms with Crippen molar-refractivity contribution in [2.45, 2.75) is 31.7 Å². The van der Waals surface area contributed by atoms with Crippen LogP contribution in [0.25, 0.3) is 0 Å². The number of benzene rings is 1. The standard InChI is InChI=1S/C14H18FN3/c15-13-6-5-12(7-11(13)9-17)18-14-4-2-1-3-10(14)8-16/h5-7,10,14,18H,1-4,8,16H2. The lowest BCUT2D eigenvalue weighted by atomic mass is 9.84. The third kappa shape index (κ3) is 2.80. The van der Waals surface area contributed by atoms with Crippen LogP contribution < -0.4 is 11.1 Å². The van der Waals surface area contributed by atoms with Crippen molar-refractivity contribution < 1.29 is 4.39 Å². The normalized spacial score (nSPS) is 23.4. The lowest BCUT2D eigenvalue weighted by Gasteiger charge is -2.32. The molecule has 1 aliphatic carbocycles. The lowest BCUT2D eigenvalue weighted by molar-refractivity contribution is 0.332. The van der Waals surface area contributed by atoms with Crippen LogP contribution in [0.5, 0.6) is 0 Å². The van der Waals surface area contributed by atoms with Crippen LogP contribution in [-0.4, -0.2) is 12.6 Å². The highest BCUT2D eigenvalue weighted by molar-refractivity contribution is 5.50. The van der Waals surface area contributed by atoms with Crippen molar-refractivity contribution >= 4 is 5.69 Å². The van der Waals surface area contributed by atoms with Gasteiger partial charge in [0.2, 0.25) is 0 Å². The fourth-order valence-electron chi connectivity index (χ4n) is 2.59. The minimum absolute atomic E-state index is 0.0834. The van der Waals surface area contributed by atoms with Crippen molar-refractivity contribution in [3.63, 3.8) is 0 Å². The molecule has 0 radical (unpaired) electrons. The van der Waals surface area contributed by atoms with E-state index < -0.39 is 5.82 Å². The Balaban J connectivity index is 2.11. The summed E-state index contributed by atoms with van der Waals surface area (Å²) in [6, 6.07) is 6.77. The molecule has 1 aromatic rings. The molecule has 3 nitrogen and oxygen atoms in total. The van der Waals surface area contributed by atoms with Gasteiger partial charge in [0.15, 0.2) is 0 Å². The van der Waals surface area contributed by atoms with E-state index in [1.54, 1.807) is 12.1 Å². The van der Waals surface area contributed by atoms with Gasteiger partial charge in [0.25, 0.3) is 0 Å². The Hall–Kier alpha value is -1.60. The molecule has 2 unspecified atom stereocenters. The first-order chi connectivity index (χ1) is 8.74. The summed E-state index contributed by atoms with van der Waals surface area (Å²) in [6.07, 6.45) is 4.65. The second-order valence-corrected chi connectivity index (χ2v) is 4.84.